The molecule has 80 valence electrons. The van der Waals surface area contributed by atoms with E-state index in [0.717, 1.165) is 23.4 Å². The standard InChI is InChI=1S/C11H14N2O2/c1-7-8(2)15-11(13-7)10-9(3-5-12)4-6-14-10/h4,6H,3,5,12H2,1-2H3. The van der Waals surface area contributed by atoms with Crippen molar-refractivity contribution in [3.63, 3.8) is 0 Å². The lowest BCUT2D eigenvalue weighted by Crippen LogP contribution is -2.02. The van der Waals surface area contributed by atoms with E-state index in [-0.39, 0.29) is 0 Å². The topological polar surface area (TPSA) is 65.2 Å². The summed E-state index contributed by atoms with van der Waals surface area (Å²) in [6, 6.07) is 1.90. The van der Waals surface area contributed by atoms with Crippen molar-refractivity contribution in [3.8, 4) is 11.7 Å². The molecule has 2 N–H and O–H groups in total. The van der Waals surface area contributed by atoms with Crippen LogP contribution in [0.5, 0.6) is 0 Å². The predicted molar refractivity (Wildman–Crippen MR) is 56.4 cm³/mol. The van der Waals surface area contributed by atoms with Crippen LogP contribution in [0.4, 0.5) is 0 Å². The molecular weight excluding hydrogens is 192 g/mol. The third-order valence-electron chi connectivity index (χ3n) is 2.38. The highest BCUT2D eigenvalue weighted by Gasteiger charge is 2.15. The van der Waals surface area contributed by atoms with Gasteiger partial charge in [-0.2, -0.15) is 0 Å². The summed E-state index contributed by atoms with van der Waals surface area (Å²) in [7, 11) is 0. The maximum absolute atomic E-state index is 5.51. The van der Waals surface area contributed by atoms with Gasteiger partial charge < -0.3 is 14.6 Å². The molecule has 0 saturated heterocycles. The number of aryl methyl sites for hydroxylation is 2. The van der Waals surface area contributed by atoms with Crippen molar-refractivity contribution in [2.24, 2.45) is 5.73 Å². The molecule has 0 bridgehead atoms. The summed E-state index contributed by atoms with van der Waals surface area (Å²) in [5.41, 5.74) is 7.44. The molecule has 0 aliphatic heterocycles. The van der Waals surface area contributed by atoms with E-state index in [1.807, 2.05) is 19.9 Å². The summed E-state index contributed by atoms with van der Waals surface area (Å²) in [6.45, 7) is 4.39. The van der Waals surface area contributed by atoms with E-state index in [2.05, 4.69) is 4.98 Å². The number of aromatic nitrogens is 1. The summed E-state index contributed by atoms with van der Waals surface area (Å²) in [5.74, 6) is 2.05. The fourth-order valence-corrected chi connectivity index (χ4v) is 1.45. The third kappa shape index (κ3) is 1.80. The van der Waals surface area contributed by atoms with Gasteiger partial charge in [0.1, 0.15) is 5.76 Å². The number of furan rings is 1. The summed E-state index contributed by atoms with van der Waals surface area (Å²) < 4.78 is 10.9. The molecule has 4 nitrogen and oxygen atoms in total. The minimum atomic E-state index is 0.540. The normalized spacial score (nSPS) is 10.9. The Kier molecular flexibility index (Phi) is 2.60. The molecule has 15 heavy (non-hydrogen) atoms. The van der Waals surface area contributed by atoms with Crippen LogP contribution in [0.15, 0.2) is 21.2 Å². The highest BCUT2D eigenvalue weighted by Crippen LogP contribution is 2.26. The summed E-state index contributed by atoms with van der Waals surface area (Å²) in [4.78, 5) is 4.29. The number of hydrogen-bond acceptors (Lipinski definition) is 4. The molecule has 0 saturated carbocycles. The van der Waals surface area contributed by atoms with Crippen LogP contribution in [0.1, 0.15) is 17.0 Å². The molecule has 0 radical (unpaired) electrons. The Morgan fingerprint density at radius 3 is 2.80 bits per heavy atom. The zero-order chi connectivity index (χ0) is 10.8. The Bertz CT molecular complexity index is 437. The second-order valence-electron chi connectivity index (χ2n) is 3.47. The average Bonchev–Trinajstić information content (AvgIpc) is 2.76. The lowest BCUT2D eigenvalue weighted by atomic mass is 10.2. The van der Waals surface area contributed by atoms with Gasteiger partial charge in [-0.15, -0.1) is 0 Å². The van der Waals surface area contributed by atoms with Crippen LogP contribution in [0, 0.1) is 13.8 Å². The molecule has 0 amide bonds. The number of oxazole rings is 1. The van der Waals surface area contributed by atoms with Gasteiger partial charge in [0, 0.05) is 5.56 Å². The van der Waals surface area contributed by atoms with Crippen molar-refractivity contribution >= 4 is 0 Å². The highest BCUT2D eigenvalue weighted by molar-refractivity contribution is 5.51. The van der Waals surface area contributed by atoms with Crippen molar-refractivity contribution in [3.05, 3.63) is 29.3 Å². The SMILES string of the molecule is Cc1nc(-c2occc2CCN)oc1C. The van der Waals surface area contributed by atoms with E-state index in [1.165, 1.54) is 0 Å². The number of nitrogens with two attached hydrogens (primary N) is 1. The van der Waals surface area contributed by atoms with Crippen LogP contribution in [-0.2, 0) is 6.42 Å². The molecule has 2 aromatic heterocycles. The summed E-state index contributed by atoms with van der Waals surface area (Å²) in [6.07, 6.45) is 2.40. The predicted octanol–water partition coefficient (Wildman–Crippen LogP) is 2.05. The Hall–Kier alpha value is -1.55. The molecule has 0 unspecified atom stereocenters. The zero-order valence-electron chi connectivity index (χ0n) is 8.91. The first-order valence-corrected chi connectivity index (χ1v) is 4.93. The fraction of sp³-hybridized carbons (Fsp3) is 0.364. The lowest BCUT2D eigenvalue weighted by Gasteiger charge is -1.95. The molecule has 2 heterocycles. The number of nitrogens with zero attached hydrogens (tertiary/aromatic N) is 1. The van der Waals surface area contributed by atoms with E-state index < -0.39 is 0 Å². The van der Waals surface area contributed by atoms with Gasteiger partial charge in [0.2, 0.25) is 0 Å². The largest absolute Gasteiger partial charge is 0.459 e. The first-order chi connectivity index (χ1) is 7.22. The van der Waals surface area contributed by atoms with Crippen molar-refractivity contribution in [1.82, 2.24) is 4.98 Å². The molecule has 2 aromatic rings. The smallest absolute Gasteiger partial charge is 0.263 e. The van der Waals surface area contributed by atoms with Crippen molar-refractivity contribution in [2.75, 3.05) is 6.54 Å². The van der Waals surface area contributed by atoms with E-state index in [1.54, 1.807) is 6.26 Å². The maximum Gasteiger partial charge on any atom is 0.263 e. The molecule has 0 aliphatic carbocycles. The van der Waals surface area contributed by atoms with E-state index in [9.17, 15) is 0 Å². The summed E-state index contributed by atoms with van der Waals surface area (Å²) in [5, 5.41) is 0. The Morgan fingerprint density at radius 1 is 1.40 bits per heavy atom. The Balaban J connectivity index is 2.40. The highest BCUT2D eigenvalue weighted by atomic mass is 16.4. The van der Waals surface area contributed by atoms with Gasteiger partial charge in [-0.1, -0.05) is 0 Å². The van der Waals surface area contributed by atoms with Gasteiger partial charge >= 0.3 is 0 Å². The van der Waals surface area contributed by atoms with Gasteiger partial charge in [-0.25, -0.2) is 4.98 Å². The Morgan fingerprint density at radius 2 is 2.20 bits per heavy atom. The molecule has 0 fully saturated rings. The van der Waals surface area contributed by atoms with Crippen LogP contribution in [0.2, 0.25) is 0 Å². The molecule has 4 heteroatoms. The fourth-order valence-electron chi connectivity index (χ4n) is 1.45. The first kappa shape index (κ1) is 9.98. The van der Waals surface area contributed by atoms with Crippen LogP contribution >= 0.6 is 0 Å². The van der Waals surface area contributed by atoms with Gasteiger partial charge in [0.25, 0.3) is 5.89 Å². The maximum atomic E-state index is 5.51. The zero-order valence-corrected chi connectivity index (χ0v) is 8.91. The van der Waals surface area contributed by atoms with E-state index in [4.69, 9.17) is 14.6 Å². The molecular formula is C11H14N2O2. The minimum Gasteiger partial charge on any atom is -0.459 e. The second kappa shape index (κ2) is 3.90. The quantitative estimate of drug-likeness (QED) is 0.834. The molecule has 0 spiro atoms. The molecule has 2 rings (SSSR count). The molecule has 0 aromatic carbocycles. The van der Waals surface area contributed by atoms with Crippen LogP contribution in [-0.4, -0.2) is 11.5 Å². The van der Waals surface area contributed by atoms with Gasteiger partial charge in [0.15, 0.2) is 5.76 Å². The second-order valence-corrected chi connectivity index (χ2v) is 3.47. The van der Waals surface area contributed by atoms with E-state index in [0.29, 0.717) is 18.2 Å². The third-order valence-corrected chi connectivity index (χ3v) is 2.38. The summed E-state index contributed by atoms with van der Waals surface area (Å²) >= 11 is 0. The first-order valence-electron chi connectivity index (χ1n) is 4.93. The van der Waals surface area contributed by atoms with Crippen molar-refractivity contribution in [2.45, 2.75) is 20.3 Å². The minimum absolute atomic E-state index is 0.540. The van der Waals surface area contributed by atoms with Crippen LogP contribution < -0.4 is 5.73 Å². The van der Waals surface area contributed by atoms with E-state index >= 15 is 0 Å². The average molecular weight is 206 g/mol. The molecule has 0 atom stereocenters. The van der Waals surface area contributed by atoms with Gasteiger partial charge in [-0.05, 0) is 32.9 Å². The monoisotopic (exact) mass is 206 g/mol. The van der Waals surface area contributed by atoms with Gasteiger partial charge in [-0.3, -0.25) is 0 Å². The van der Waals surface area contributed by atoms with Crippen LogP contribution in [0.3, 0.4) is 0 Å². The van der Waals surface area contributed by atoms with Crippen molar-refractivity contribution in [1.29, 1.82) is 0 Å². The van der Waals surface area contributed by atoms with Crippen molar-refractivity contribution < 1.29 is 8.83 Å². The Labute approximate surface area is 88.1 Å². The van der Waals surface area contributed by atoms with Crippen LogP contribution in [0.25, 0.3) is 11.7 Å². The van der Waals surface area contributed by atoms with Gasteiger partial charge in [0.05, 0.1) is 12.0 Å². The number of rotatable bonds is 3. The lowest BCUT2D eigenvalue weighted by molar-refractivity contribution is 0.498. The molecule has 0 aliphatic rings. The number of hydrogen-bond donors (Lipinski definition) is 1.